The van der Waals surface area contributed by atoms with Crippen molar-refractivity contribution in [1.82, 2.24) is 5.32 Å². The van der Waals surface area contributed by atoms with Crippen LogP contribution in [-0.4, -0.2) is 25.5 Å². The highest BCUT2D eigenvalue weighted by atomic mass is 16.6. The van der Waals surface area contributed by atoms with Crippen LogP contribution in [0.25, 0.3) is 12.2 Å². The average Bonchev–Trinajstić information content (AvgIpc) is 2.85. The highest BCUT2D eigenvalue weighted by Gasteiger charge is 2.16. The van der Waals surface area contributed by atoms with E-state index in [0.29, 0.717) is 17.0 Å². The third-order valence-corrected chi connectivity index (χ3v) is 4.73. The van der Waals surface area contributed by atoms with Crippen molar-refractivity contribution in [2.24, 2.45) is 0 Å². The monoisotopic (exact) mass is 455 g/mol. The van der Waals surface area contributed by atoms with Crippen LogP contribution in [-0.2, 0) is 9.59 Å². The van der Waals surface area contributed by atoms with Gasteiger partial charge in [0, 0.05) is 6.54 Å². The second kappa shape index (κ2) is 12.4. The number of nitriles is 2. The van der Waals surface area contributed by atoms with Crippen LogP contribution in [0, 0.1) is 22.7 Å². The van der Waals surface area contributed by atoms with Gasteiger partial charge in [0.15, 0.2) is 11.5 Å². The minimum atomic E-state index is -0.835. The Labute approximate surface area is 199 Å². The Morgan fingerprint density at radius 3 is 2.18 bits per heavy atom. The molecule has 0 radical (unpaired) electrons. The van der Waals surface area contributed by atoms with Crippen molar-refractivity contribution in [1.29, 1.82) is 10.5 Å². The zero-order valence-electron chi connectivity index (χ0n) is 19.3. The summed E-state index contributed by atoms with van der Waals surface area (Å²) < 4.78 is 10.7. The topological polar surface area (TPSA) is 112 Å². The summed E-state index contributed by atoms with van der Waals surface area (Å²) in [6.07, 6.45) is 4.34. The zero-order chi connectivity index (χ0) is 25.1. The van der Waals surface area contributed by atoms with Gasteiger partial charge in [-0.15, -0.1) is 6.58 Å². The molecule has 2 aromatic rings. The van der Waals surface area contributed by atoms with E-state index in [1.807, 2.05) is 36.4 Å². The largest absolute Gasteiger partial charge is 0.493 e. The van der Waals surface area contributed by atoms with Gasteiger partial charge >= 0.3 is 5.97 Å². The first-order valence-electron chi connectivity index (χ1n) is 10.5. The molecule has 0 bridgehead atoms. The van der Waals surface area contributed by atoms with Crippen LogP contribution in [0.3, 0.4) is 0 Å². The van der Waals surface area contributed by atoms with Crippen molar-refractivity contribution in [2.45, 2.75) is 19.8 Å². The van der Waals surface area contributed by atoms with E-state index >= 15 is 0 Å². The number of hydrogen-bond acceptors (Lipinski definition) is 6. The Hall–Kier alpha value is -4.62. The minimum absolute atomic E-state index is 0.0931. The van der Waals surface area contributed by atoms with Crippen LogP contribution in [0.2, 0.25) is 0 Å². The summed E-state index contributed by atoms with van der Waals surface area (Å²) >= 11 is 0. The molecule has 0 spiro atoms. The molecule has 34 heavy (non-hydrogen) atoms. The molecule has 2 rings (SSSR count). The molecule has 0 aromatic heterocycles. The second-order valence-corrected chi connectivity index (χ2v) is 7.46. The van der Waals surface area contributed by atoms with E-state index < -0.39 is 11.9 Å². The first-order valence-corrected chi connectivity index (χ1v) is 10.5. The van der Waals surface area contributed by atoms with Crippen LogP contribution in [0.1, 0.15) is 36.5 Å². The van der Waals surface area contributed by atoms with Gasteiger partial charge in [0.2, 0.25) is 0 Å². The summed E-state index contributed by atoms with van der Waals surface area (Å²) in [5.74, 6) is -0.713. The van der Waals surface area contributed by atoms with Gasteiger partial charge in [-0.1, -0.05) is 50.3 Å². The van der Waals surface area contributed by atoms with E-state index in [4.69, 9.17) is 9.47 Å². The molecule has 0 aliphatic carbocycles. The lowest BCUT2D eigenvalue weighted by Gasteiger charge is -2.10. The number of methoxy groups -OCH3 is 1. The maximum Gasteiger partial charge on any atom is 0.354 e. The fourth-order valence-electron chi connectivity index (χ4n) is 2.87. The van der Waals surface area contributed by atoms with Gasteiger partial charge in [-0.2, -0.15) is 10.5 Å². The highest BCUT2D eigenvalue weighted by Crippen LogP contribution is 2.30. The van der Waals surface area contributed by atoms with Gasteiger partial charge in [0.25, 0.3) is 5.91 Å². The van der Waals surface area contributed by atoms with Crippen LogP contribution >= 0.6 is 0 Å². The molecule has 0 unspecified atom stereocenters. The summed E-state index contributed by atoms with van der Waals surface area (Å²) in [5, 5.41) is 21.3. The number of benzene rings is 2. The molecule has 1 amide bonds. The van der Waals surface area contributed by atoms with Crippen molar-refractivity contribution in [3.8, 4) is 23.6 Å². The van der Waals surface area contributed by atoms with Gasteiger partial charge in [-0.25, -0.2) is 4.79 Å². The Balaban J connectivity index is 2.25. The summed E-state index contributed by atoms with van der Waals surface area (Å²) in [5.41, 5.74) is 2.06. The Kier molecular flexibility index (Phi) is 9.37. The number of nitrogens with one attached hydrogen (secondary N) is 1. The number of esters is 1. The minimum Gasteiger partial charge on any atom is -0.493 e. The van der Waals surface area contributed by atoms with Crippen molar-refractivity contribution in [3.05, 3.63) is 83.0 Å². The number of carbonyl (C=O) groups excluding carboxylic acids is 2. The van der Waals surface area contributed by atoms with Crippen molar-refractivity contribution < 1.29 is 19.1 Å². The smallest absolute Gasteiger partial charge is 0.354 e. The molecule has 0 aliphatic rings. The predicted molar refractivity (Wildman–Crippen MR) is 130 cm³/mol. The standard InChI is InChI=1S/C27H25N3O4/c1-5-12-30-26(31)22(16-28)14-20-8-11-24(25(15-20)33-4)34-27(32)23(17-29)13-19-6-9-21(10-7-19)18(2)3/h5-11,13-15,18H,1,12H2,2-4H3,(H,30,31)/b22-14+,23-13+. The fraction of sp³-hybridized carbons (Fsp3) is 0.185. The molecule has 172 valence electrons. The van der Waals surface area contributed by atoms with Gasteiger partial charge in [0.1, 0.15) is 23.3 Å². The lowest BCUT2D eigenvalue weighted by atomic mass is 10.0. The molecular formula is C27H25N3O4. The van der Waals surface area contributed by atoms with E-state index in [9.17, 15) is 20.1 Å². The third kappa shape index (κ3) is 6.94. The Bertz CT molecular complexity index is 1210. The summed E-state index contributed by atoms with van der Waals surface area (Å²) in [7, 11) is 1.39. The molecule has 0 heterocycles. The van der Waals surface area contributed by atoms with Crippen LogP contribution < -0.4 is 14.8 Å². The van der Waals surface area contributed by atoms with Crippen molar-refractivity contribution in [2.75, 3.05) is 13.7 Å². The number of ether oxygens (including phenoxy) is 2. The quantitative estimate of drug-likeness (QED) is 0.195. The maximum absolute atomic E-state index is 12.6. The molecule has 7 nitrogen and oxygen atoms in total. The van der Waals surface area contributed by atoms with E-state index in [1.165, 1.54) is 37.5 Å². The van der Waals surface area contributed by atoms with Crippen LogP contribution in [0.5, 0.6) is 11.5 Å². The molecule has 0 saturated heterocycles. The lowest BCUT2D eigenvalue weighted by Crippen LogP contribution is -2.24. The van der Waals surface area contributed by atoms with Crippen LogP contribution in [0.4, 0.5) is 0 Å². The number of amides is 1. The predicted octanol–water partition coefficient (Wildman–Crippen LogP) is 4.54. The first kappa shape index (κ1) is 25.6. The highest BCUT2D eigenvalue weighted by molar-refractivity contribution is 6.02. The molecule has 0 aliphatic heterocycles. The lowest BCUT2D eigenvalue weighted by molar-refractivity contribution is -0.129. The van der Waals surface area contributed by atoms with Gasteiger partial charge in [-0.05, 0) is 46.9 Å². The molecule has 0 fully saturated rings. The van der Waals surface area contributed by atoms with Crippen molar-refractivity contribution in [3.63, 3.8) is 0 Å². The maximum atomic E-state index is 12.6. The normalized spacial score (nSPS) is 11.2. The summed E-state index contributed by atoms with van der Waals surface area (Å²) in [6.45, 7) is 7.90. The third-order valence-electron chi connectivity index (χ3n) is 4.73. The van der Waals surface area contributed by atoms with Gasteiger partial charge in [-0.3, -0.25) is 4.79 Å². The zero-order valence-corrected chi connectivity index (χ0v) is 19.3. The number of nitrogens with zero attached hydrogens (tertiary/aromatic N) is 2. The van der Waals surface area contributed by atoms with E-state index in [1.54, 1.807) is 6.07 Å². The molecule has 0 saturated carbocycles. The van der Waals surface area contributed by atoms with E-state index in [-0.39, 0.29) is 29.2 Å². The first-order chi connectivity index (χ1) is 16.3. The SMILES string of the molecule is C=CCNC(=O)/C(C#N)=C/c1ccc(OC(=O)/C(C#N)=C/c2ccc(C(C)C)cc2)c(OC)c1. The van der Waals surface area contributed by atoms with Gasteiger partial charge < -0.3 is 14.8 Å². The summed E-state index contributed by atoms with van der Waals surface area (Å²) in [4.78, 5) is 24.6. The number of hydrogen-bond donors (Lipinski definition) is 1. The number of carbonyl (C=O) groups is 2. The fourth-order valence-corrected chi connectivity index (χ4v) is 2.87. The van der Waals surface area contributed by atoms with E-state index in [2.05, 4.69) is 25.7 Å². The molecular weight excluding hydrogens is 430 g/mol. The van der Waals surface area contributed by atoms with Crippen LogP contribution in [0.15, 0.2) is 66.3 Å². The molecule has 2 aromatic carbocycles. The molecule has 1 N–H and O–H groups in total. The second-order valence-electron chi connectivity index (χ2n) is 7.46. The van der Waals surface area contributed by atoms with Crippen molar-refractivity contribution >= 4 is 24.0 Å². The van der Waals surface area contributed by atoms with E-state index in [0.717, 1.165) is 5.56 Å². The number of rotatable bonds is 9. The van der Waals surface area contributed by atoms with Gasteiger partial charge in [0.05, 0.1) is 7.11 Å². The summed E-state index contributed by atoms with van der Waals surface area (Å²) in [6, 6.07) is 15.8. The Morgan fingerprint density at radius 1 is 1.00 bits per heavy atom. The Morgan fingerprint density at radius 2 is 1.62 bits per heavy atom. The average molecular weight is 456 g/mol. The molecule has 0 atom stereocenters. The molecule has 7 heteroatoms.